The molecule has 0 spiro atoms. The summed E-state index contributed by atoms with van der Waals surface area (Å²) < 4.78 is 10.7. The second kappa shape index (κ2) is 9.63. The molecule has 3 heterocycles. The van der Waals surface area contributed by atoms with Crippen molar-refractivity contribution < 1.29 is 19.1 Å². The molecule has 1 saturated carbocycles. The van der Waals surface area contributed by atoms with Gasteiger partial charge in [-0.15, -0.1) is 11.8 Å². The van der Waals surface area contributed by atoms with Crippen LogP contribution in [0, 0.1) is 17.8 Å². The van der Waals surface area contributed by atoms with Crippen molar-refractivity contribution in [1.82, 2.24) is 20.9 Å². The SMILES string of the molecule is COC(=O)N1CC2NC(NC(=O)C3CNC(C)CC3C3CCCCC3OC)SC2C1. The Morgan fingerprint density at radius 1 is 1.13 bits per heavy atom. The third-order valence-electron chi connectivity index (χ3n) is 7.42. The highest BCUT2D eigenvalue weighted by atomic mass is 32.2. The van der Waals surface area contributed by atoms with Crippen LogP contribution < -0.4 is 16.0 Å². The van der Waals surface area contributed by atoms with E-state index in [-0.39, 0.29) is 40.8 Å². The van der Waals surface area contributed by atoms with Crippen molar-refractivity contribution in [1.29, 1.82) is 0 Å². The maximum Gasteiger partial charge on any atom is 0.409 e. The predicted octanol–water partition coefficient (Wildman–Crippen LogP) is 1.36. The maximum atomic E-state index is 13.3. The Bertz CT molecular complexity index is 624. The Labute approximate surface area is 183 Å². The molecule has 0 aromatic carbocycles. The van der Waals surface area contributed by atoms with Gasteiger partial charge in [-0.1, -0.05) is 12.8 Å². The number of amides is 2. The number of methoxy groups -OCH3 is 2. The molecule has 0 aromatic rings. The van der Waals surface area contributed by atoms with Crippen LogP contribution >= 0.6 is 11.8 Å². The average molecular weight is 441 g/mol. The molecule has 4 fully saturated rings. The monoisotopic (exact) mass is 440 g/mol. The summed E-state index contributed by atoms with van der Waals surface area (Å²) in [6, 6.07) is 0.622. The summed E-state index contributed by atoms with van der Waals surface area (Å²) >= 11 is 1.71. The standard InChI is InChI=1S/C21H36N4O4S/c1-12-8-14(13-6-4-5-7-17(13)28-2)15(9-22-12)19(26)24-20-23-16-10-25(21(27)29-3)11-18(16)30-20/h12-18,20,22-23H,4-11H2,1-3H3,(H,24,26). The highest BCUT2D eigenvalue weighted by Crippen LogP contribution is 2.40. The van der Waals surface area contributed by atoms with Crippen LogP contribution in [0.3, 0.4) is 0 Å². The summed E-state index contributed by atoms with van der Waals surface area (Å²) in [5.41, 5.74) is -0.100. The lowest BCUT2D eigenvalue weighted by Crippen LogP contribution is -2.55. The number of nitrogens with zero attached hydrogens (tertiary/aromatic N) is 1. The Morgan fingerprint density at radius 2 is 1.93 bits per heavy atom. The molecule has 3 saturated heterocycles. The molecule has 4 aliphatic rings. The van der Waals surface area contributed by atoms with Crippen molar-refractivity contribution in [3.63, 3.8) is 0 Å². The Balaban J connectivity index is 1.36. The third-order valence-corrected chi connectivity index (χ3v) is 8.77. The molecule has 8 atom stereocenters. The summed E-state index contributed by atoms with van der Waals surface area (Å²) in [6.07, 6.45) is 5.73. The van der Waals surface area contributed by atoms with E-state index in [9.17, 15) is 9.59 Å². The molecule has 2 amide bonds. The molecule has 4 rings (SSSR count). The van der Waals surface area contributed by atoms with E-state index in [2.05, 4.69) is 22.9 Å². The number of thioether (sulfide) groups is 1. The first-order valence-corrected chi connectivity index (χ1v) is 12.3. The zero-order valence-electron chi connectivity index (χ0n) is 18.3. The predicted molar refractivity (Wildman–Crippen MR) is 116 cm³/mol. The number of fused-ring (bicyclic) bond motifs is 1. The second-order valence-electron chi connectivity index (χ2n) is 9.25. The van der Waals surface area contributed by atoms with Gasteiger partial charge in [-0.05, 0) is 38.0 Å². The fraction of sp³-hybridized carbons (Fsp3) is 0.905. The molecule has 8 unspecified atom stereocenters. The summed E-state index contributed by atoms with van der Waals surface area (Å²) in [7, 11) is 3.23. The van der Waals surface area contributed by atoms with E-state index in [0.717, 1.165) is 25.8 Å². The minimum atomic E-state index is -0.280. The van der Waals surface area contributed by atoms with Gasteiger partial charge in [-0.25, -0.2) is 4.79 Å². The second-order valence-corrected chi connectivity index (χ2v) is 10.6. The van der Waals surface area contributed by atoms with Gasteiger partial charge in [0.05, 0.1) is 19.1 Å². The lowest BCUT2D eigenvalue weighted by Gasteiger charge is -2.44. The smallest absolute Gasteiger partial charge is 0.409 e. The number of rotatable bonds is 4. The zero-order valence-corrected chi connectivity index (χ0v) is 19.1. The largest absolute Gasteiger partial charge is 0.453 e. The molecule has 30 heavy (non-hydrogen) atoms. The summed E-state index contributed by atoms with van der Waals surface area (Å²) in [5, 5.41) is 10.5. The number of ether oxygens (including phenoxy) is 2. The van der Waals surface area contributed by atoms with Gasteiger partial charge in [0.2, 0.25) is 5.91 Å². The molecule has 3 N–H and O–H groups in total. The van der Waals surface area contributed by atoms with Gasteiger partial charge in [0.15, 0.2) is 0 Å². The molecular weight excluding hydrogens is 404 g/mol. The molecule has 3 aliphatic heterocycles. The van der Waals surface area contributed by atoms with Crippen LogP contribution in [0.25, 0.3) is 0 Å². The molecule has 0 aromatic heterocycles. The highest BCUT2D eigenvalue weighted by molar-refractivity contribution is 8.00. The van der Waals surface area contributed by atoms with Crippen molar-refractivity contribution in [2.24, 2.45) is 17.8 Å². The fourth-order valence-electron chi connectivity index (χ4n) is 5.87. The van der Waals surface area contributed by atoms with E-state index in [1.807, 2.05) is 7.11 Å². The van der Waals surface area contributed by atoms with Crippen LogP contribution in [-0.2, 0) is 14.3 Å². The highest BCUT2D eigenvalue weighted by Gasteiger charge is 2.46. The number of nitrogens with one attached hydrogen (secondary N) is 3. The van der Waals surface area contributed by atoms with Crippen molar-refractivity contribution in [2.75, 3.05) is 33.9 Å². The van der Waals surface area contributed by atoms with Gasteiger partial charge < -0.3 is 25.0 Å². The minimum Gasteiger partial charge on any atom is -0.453 e. The number of likely N-dealkylation sites (tertiary alicyclic amines) is 1. The van der Waals surface area contributed by atoms with Gasteiger partial charge in [0.1, 0.15) is 5.50 Å². The van der Waals surface area contributed by atoms with Gasteiger partial charge in [0, 0.05) is 44.1 Å². The molecule has 8 nitrogen and oxygen atoms in total. The molecule has 1 aliphatic carbocycles. The van der Waals surface area contributed by atoms with E-state index >= 15 is 0 Å². The average Bonchev–Trinajstić information content (AvgIpc) is 3.31. The van der Waals surface area contributed by atoms with E-state index in [1.165, 1.54) is 20.0 Å². The van der Waals surface area contributed by atoms with Crippen molar-refractivity contribution in [3.05, 3.63) is 0 Å². The molecule has 170 valence electrons. The van der Waals surface area contributed by atoms with Crippen molar-refractivity contribution in [3.8, 4) is 0 Å². The van der Waals surface area contributed by atoms with Crippen LogP contribution in [0.2, 0.25) is 0 Å². The Hall–Kier alpha value is -1.03. The van der Waals surface area contributed by atoms with E-state index in [4.69, 9.17) is 9.47 Å². The molecular formula is C21H36N4O4S. The van der Waals surface area contributed by atoms with Crippen LogP contribution in [0.1, 0.15) is 39.0 Å². The number of hydrogen-bond donors (Lipinski definition) is 3. The number of carbonyl (C=O) groups is 2. The first kappa shape index (κ1) is 22.2. The lowest BCUT2D eigenvalue weighted by atomic mass is 9.68. The fourth-order valence-corrected chi connectivity index (χ4v) is 7.28. The van der Waals surface area contributed by atoms with Gasteiger partial charge >= 0.3 is 6.09 Å². The number of hydrogen-bond acceptors (Lipinski definition) is 7. The van der Waals surface area contributed by atoms with E-state index < -0.39 is 0 Å². The van der Waals surface area contributed by atoms with Gasteiger partial charge in [-0.3, -0.25) is 10.1 Å². The first-order chi connectivity index (χ1) is 14.5. The first-order valence-electron chi connectivity index (χ1n) is 11.3. The molecule has 0 radical (unpaired) electrons. The quantitative estimate of drug-likeness (QED) is 0.608. The Morgan fingerprint density at radius 3 is 2.67 bits per heavy atom. The zero-order chi connectivity index (χ0) is 21.3. The van der Waals surface area contributed by atoms with Crippen LogP contribution in [0.5, 0.6) is 0 Å². The Kier molecular flexibility index (Phi) is 7.12. The topological polar surface area (TPSA) is 91.9 Å². The van der Waals surface area contributed by atoms with E-state index in [0.29, 0.717) is 31.0 Å². The summed E-state index contributed by atoms with van der Waals surface area (Å²) in [5.74, 6) is 0.916. The summed E-state index contributed by atoms with van der Waals surface area (Å²) in [4.78, 5) is 26.8. The minimum absolute atomic E-state index is 0.0311. The van der Waals surface area contributed by atoms with Crippen molar-refractivity contribution in [2.45, 2.75) is 68.0 Å². The normalized spacial score (nSPS) is 41.4. The van der Waals surface area contributed by atoms with Crippen molar-refractivity contribution >= 4 is 23.8 Å². The van der Waals surface area contributed by atoms with Gasteiger partial charge in [0.25, 0.3) is 0 Å². The molecule has 0 bridgehead atoms. The number of piperidine rings is 1. The third kappa shape index (κ3) is 4.59. The molecule has 9 heteroatoms. The van der Waals surface area contributed by atoms with Gasteiger partial charge in [-0.2, -0.15) is 0 Å². The van der Waals surface area contributed by atoms with E-state index in [1.54, 1.807) is 16.7 Å². The number of carbonyl (C=O) groups excluding carboxylic acids is 2. The van der Waals surface area contributed by atoms with Crippen LogP contribution in [-0.4, -0.2) is 79.7 Å². The van der Waals surface area contributed by atoms with Crippen LogP contribution in [0.4, 0.5) is 4.79 Å². The lowest BCUT2D eigenvalue weighted by molar-refractivity contribution is -0.130. The van der Waals surface area contributed by atoms with Crippen LogP contribution in [0.15, 0.2) is 0 Å². The summed E-state index contributed by atoms with van der Waals surface area (Å²) in [6.45, 7) is 4.23. The maximum absolute atomic E-state index is 13.3.